The average Bonchev–Trinajstić information content (AvgIpc) is 2.32. The second kappa shape index (κ2) is 7.54. The number of rotatable bonds is 7. The topological polar surface area (TPSA) is 37.8 Å². The van der Waals surface area contributed by atoms with Crippen molar-refractivity contribution >= 4 is 17.6 Å². The summed E-state index contributed by atoms with van der Waals surface area (Å²) in [6, 6.07) is 0. The Kier molecular flexibility index (Phi) is 6.34. The minimum Gasteiger partial charge on any atom is -0.370 e. The summed E-state index contributed by atoms with van der Waals surface area (Å²) in [5.74, 6) is 3.03. The molecule has 0 amide bonds. The minimum absolute atomic E-state index is 0.957. The van der Waals surface area contributed by atoms with Gasteiger partial charge >= 0.3 is 0 Å². The summed E-state index contributed by atoms with van der Waals surface area (Å²) in [5.41, 5.74) is 1.19. The molecule has 0 spiro atoms. The van der Waals surface area contributed by atoms with Crippen LogP contribution in [-0.4, -0.2) is 22.3 Å². The van der Waals surface area contributed by atoms with Gasteiger partial charge in [-0.1, -0.05) is 20.8 Å². The molecular weight excluding hydrogens is 230 g/mol. The maximum atomic E-state index is 4.63. The van der Waals surface area contributed by atoms with Crippen LogP contribution in [0.15, 0.2) is 5.03 Å². The Morgan fingerprint density at radius 1 is 1.12 bits per heavy atom. The first-order valence-corrected chi connectivity index (χ1v) is 7.45. The van der Waals surface area contributed by atoms with Gasteiger partial charge in [0.2, 0.25) is 0 Å². The van der Waals surface area contributed by atoms with Crippen LogP contribution < -0.4 is 5.32 Å². The Labute approximate surface area is 109 Å². The number of hydrogen-bond acceptors (Lipinski definition) is 4. The van der Waals surface area contributed by atoms with Crippen molar-refractivity contribution in [3.8, 4) is 0 Å². The SMILES string of the molecule is CCCNc1nc(CCC)nc(SCC)c1C. The van der Waals surface area contributed by atoms with E-state index in [0.29, 0.717) is 0 Å². The first kappa shape index (κ1) is 14.3. The minimum atomic E-state index is 0.957. The molecule has 1 rings (SSSR count). The largest absolute Gasteiger partial charge is 0.370 e. The zero-order valence-electron chi connectivity index (χ0n) is 11.3. The van der Waals surface area contributed by atoms with Gasteiger partial charge in [0.1, 0.15) is 16.7 Å². The van der Waals surface area contributed by atoms with Gasteiger partial charge in [-0.3, -0.25) is 0 Å². The zero-order chi connectivity index (χ0) is 12.7. The van der Waals surface area contributed by atoms with E-state index >= 15 is 0 Å². The maximum Gasteiger partial charge on any atom is 0.133 e. The van der Waals surface area contributed by atoms with Gasteiger partial charge in [-0.25, -0.2) is 9.97 Å². The average molecular weight is 253 g/mol. The van der Waals surface area contributed by atoms with Crippen molar-refractivity contribution in [2.75, 3.05) is 17.6 Å². The van der Waals surface area contributed by atoms with E-state index in [-0.39, 0.29) is 0 Å². The molecule has 0 unspecified atom stereocenters. The second-order valence-corrected chi connectivity index (χ2v) is 5.28. The van der Waals surface area contributed by atoms with Gasteiger partial charge in [-0.05, 0) is 25.5 Å². The van der Waals surface area contributed by atoms with Crippen LogP contribution in [0.2, 0.25) is 0 Å². The molecule has 0 aromatic carbocycles. The van der Waals surface area contributed by atoms with Crippen molar-refractivity contribution in [2.24, 2.45) is 0 Å². The number of aryl methyl sites for hydroxylation is 1. The molecule has 0 bridgehead atoms. The standard InChI is InChI=1S/C13H23N3S/c1-5-8-11-15-12(14-9-6-2)10(4)13(16-11)17-7-3/h5-9H2,1-4H3,(H,14,15,16). The number of aromatic nitrogens is 2. The summed E-state index contributed by atoms with van der Waals surface area (Å²) < 4.78 is 0. The molecule has 3 nitrogen and oxygen atoms in total. The smallest absolute Gasteiger partial charge is 0.133 e. The van der Waals surface area contributed by atoms with Crippen molar-refractivity contribution in [3.63, 3.8) is 0 Å². The van der Waals surface area contributed by atoms with Crippen LogP contribution in [0, 0.1) is 6.92 Å². The Morgan fingerprint density at radius 2 is 1.88 bits per heavy atom. The van der Waals surface area contributed by atoms with E-state index in [1.165, 1.54) is 5.56 Å². The van der Waals surface area contributed by atoms with Crippen LogP contribution in [0.4, 0.5) is 5.82 Å². The fourth-order valence-electron chi connectivity index (χ4n) is 1.57. The van der Waals surface area contributed by atoms with Gasteiger partial charge in [0.15, 0.2) is 0 Å². The molecule has 4 heteroatoms. The third-order valence-electron chi connectivity index (χ3n) is 2.44. The predicted molar refractivity (Wildman–Crippen MR) is 75.9 cm³/mol. The van der Waals surface area contributed by atoms with Crippen LogP contribution >= 0.6 is 11.8 Å². The Balaban J connectivity index is 2.99. The first-order valence-electron chi connectivity index (χ1n) is 6.47. The molecule has 17 heavy (non-hydrogen) atoms. The van der Waals surface area contributed by atoms with Gasteiger partial charge < -0.3 is 5.32 Å². The molecule has 1 heterocycles. The molecule has 0 aliphatic carbocycles. The lowest BCUT2D eigenvalue weighted by atomic mass is 10.3. The summed E-state index contributed by atoms with van der Waals surface area (Å²) in [5, 5.41) is 4.52. The van der Waals surface area contributed by atoms with Gasteiger partial charge in [-0.2, -0.15) is 0 Å². The van der Waals surface area contributed by atoms with E-state index in [1.54, 1.807) is 11.8 Å². The van der Waals surface area contributed by atoms with Gasteiger partial charge in [-0.15, -0.1) is 11.8 Å². The Hall–Kier alpha value is -0.770. The molecule has 0 aliphatic heterocycles. The summed E-state index contributed by atoms with van der Waals surface area (Å²) in [6.45, 7) is 9.56. The maximum absolute atomic E-state index is 4.63. The molecule has 1 aromatic heterocycles. The highest BCUT2D eigenvalue weighted by Crippen LogP contribution is 2.25. The summed E-state index contributed by atoms with van der Waals surface area (Å²) in [7, 11) is 0. The molecule has 0 saturated carbocycles. The molecule has 1 N–H and O–H groups in total. The van der Waals surface area contributed by atoms with Crippen molar-refractivity contribution in [1.29, 1.82) is 0 Å². The summed E-state index contributed by atoms with van der Waals surface area (Å²) >= 11 is 1.80. The monoisotopic (exact) mass is 253 g/mol. The van der Waals surface area contributed by atoms with Crippen LogP contribution in [0.3, 0.4) is 0 Å². The molecule has 0 atom stereocenters. The van der Waals surface area contributed by atoms with E-state index in [2.05, 4.69) is 43.0 Å². The van der Waals surface area contributed by atoms with Crippen LogP contribution in [0.25, 0.3) is 0 Å². The van der Waals surface area contributed by atoms with Gasteiger partial charge in [0.05, 0.1) is 0 Å². The number of thioether (sulfide) groups is 1. The molecular formula is C13H23N3S. The first-order chi connectivity index (χ1) is 8.22. The lowest BCUT2D eigenvalue weighted by molar-refractivity contribution is 0.799. The predicted octanol–water partition coefficient (Wildman–Crippen LogP) is 3.67. The molecule has 0 radical (unpaired) electrons. The highest BCUT2D eigenvalue weighted by molar-refractivity contribution is 7.99. The van der Waals surface area contributed by atoms with E-state index in [4.69, 9.17) is 0 Å². The molecule has 96 valence electrons. The molecule has 0 fully saturated rings. The highest BCUT2D eigenvalue weighted by Gasteiger charge is 2.10. The number of hydrogen-bond donors (Lipinski definition) is 1. The summed E-state index contributed by atoms with van der Waals surface area (Å²) in [6.07, 6.45) is 3.16. The normalized spacial score (nSPS) is 10.6. The fraction of sp³-hybridized carbons (Fsp3) is 0.692. The highest BCUT2D eigenvalue weighted by atomic mass is 32.2. The van der Waals surface area contributed by atoms with Crippen molar-refractivity contribution in [3.05, 3.63) is 11.4 Å². The van der Waals surface area contributed by atoms with Crippen LogP contribution in [0.5, 0.6) is 0 Å². The Bertz CT molecular complexity index is 353. The number of nitrogens with zero attached hydrogens (tertiary/aromatic N) is 2. The van der Waals surface area contributed by atoms with Crippen molar-refractivity contribution in [1.82, 2.24) is 9.97 Å². The van der Waals surface area contributed by atoms with E-state index < -0.39 is 0 Å². The van der Waals surface area contributed by atoms with Crippen LogP contribution in [0.1, 0.15) is 45.0 Å². The lowest BCUT2D eigenvalue weighted by Gasteiger charge is -2.12. The van der Waals surface area contributed by atoms with E-state index in [1.807, 2.05) is 0 Å². The summed E-state index contributed by atoms with van der Waals surface area (Å²) in [4.78, 5) is 9.24. The van der Waals surface area contributed by atoms with Crippen molar-refractivity contribution < 1.29 is 0 Å². The second-order valence-electron chi connectivity index (χ2n) is 4.03. The van der Waals surface area contributed by atoms with E-state index in [0.717, 1.165) is 48.2 Å². The zero-order valence-corrected chi connectivity index (χ0v) is 12.2. The van der Waals surface area contributed by atoms with Gasteiger partial charge in [0, 0.05) is 18.5 Å². The fourth-order valence-corrected chi connectivity index (χ4v) is 2.32. The lowest BCUT2D eigenvalue weighted by Crippen LogP contribution is -2.08. The van der Waals surface area contributed by atoms with E-state index in [9.17, 15) is 0 Å². The number of nitrogens with one attached hydrogen (secondary N) is 1. The third kappa shape index (κ3) is 4.19. The molecule has 0 saturated heterocycles. The Morgan fingerprint density at radius 3 is 2.47 bits per heavy atom. The van der Waals surface area contributed by atoms with Crippen molar-refractivity contribution in [2.45, 2.75) is 52.0 Å². The molecule has 0 aliphatic rings. The quantitative estimate of drug-likeness (QED) is 0.594. The van der Waals surface area contributed by atoms with Gasteiger partial charge in [0.25, 0.3) is 0 Å². The van der Waals surface area contributed by atoms with Crippen LogP contribution in [-0.2, 0) is 6.42 Å². The molecule has 1 aromatic rings. The number of anilines is 1. The third-order valence-corrected chi connectivity index (χ3v) is 3.40.